The molecule has 0 amide bonds. The van der Waals surface area contributed by atoms with E-state index in [1.807, 2.05) is 0 Å². The van der Waals surface area contributed by atoms with E-state index < -0.39 is 0 Å². The van der Waals surface area contributed by atoms with Gasteiger partial charge in [0, 0.05) is 31.8 Å². The molecule has 1 atom stereocenters. The van der Waals surface area contributed by atoms with Crippen LogP contribution < -0.4 is 5.32 Å². The Kier molecular flexibility index (Phi) is 2.94. The molecule has 0 aromatic heterocycles. The Morgan fingerprint density at radius 3 is 2.62 bits per heavy atom. The normalized spacial score (nSPS) is 33.8. The van der Waals surface area contributed by atoms with Crippen molar-refractivity contribution in [2.24, 2.45) is 0 Å². The zero-order valence-corrected chi connectivity index (χ0v) is 10.4. The van der Waals surface area contributed by atoms with Gasteiger partial charge >= 0.3 is 0 Å². The fraction of sp³-hybridized carbons (Fsp3) is 1.00. The predicted octanol–water partition coefficient (Wildman–Crippen LogP) is 1.38. The van der Waals surface area contributed by atoms with Crippen LogP contribution >= 0.6 is 0 Å². The second kappa shape index (κ2) is 4.28. The van der Waals surface area contributed by atoms with Gasteiger partial charge in [-0.1, -0.05) is 6.92 Å². The Labute approximate surface area is 98.5 Å². The van der Waals surface area contributed by atoms with Gasteiger partial charge in [-0.2, -0.15) is 0 Å². The van der Waals surface area contributed by atoms with Crippen molar-refractivity contribution in [1.82, 2.24) is 10.2 Å². The lowest BCUT2D eigenvalue weighted by Crippen LogP contribution is -2.62. The zero-order valence-electron chi connectivity index (χ0n) is 10.4. The largest absolute Gasteiger partial charge is 0.375 e. The summed E-state index contributed by atoms with van der Waals surface area (Å²) in [7, 11) is 0. The molecular formula is C13H24N2O. The van der Waals surface area contributed by atoms with Crippen LogP contribution in [0.15, 0.2) is 0 Å². The van der Waals surface area contributed by atoms with Gasteiger partial charge in [0.05, 0.1) is 5.60 Å². The number of rotatable bonds is 3. The van der Waals surface area contributed by atoms with Crippen molar-refractivity contribution in [3.63, 3.8) is 0 Å². The van der Waals surface area contributed by atoms with Gasteiger partial charge in [-0.25, -0.2) is 0 Å². The van der Waals surface area contributed by atoms with E-state index in [-0.39, 0.29) is 0 Å². The Morgan fingerprint density at radius 2 is 2.12 bits per heavy atom. The summed E-state index contributed by atoms with van der Waals surface area (Å²) in [5.74, 6) is 0. The third-order valence-corrected chi connectivity index (χ3v) is 4.79. The Bertz CT molecular complexity index is 248. The molecule has 1 N–H and O–H groups in total. The second-order valence-electron chi connectivity index (χ2n) is 5.67. The molecule has 0 aromatic carbocycles. The van der Waals surface area contributed by atoms with Gasteiger partial charge in [-0.15, -0.1) is 0 Å². The summed E-state index contributed by atoms with van der Waals surface area (Å²) >= 11 is 0. The summed E-state index contributed by atoms with van der Waals surface area (Å²) in [5, 5.41) is 3.39. The Balaban J connectivity index is 1.63. The third-order valence-electron chi connectivity index (χ3n) is 4.79. The fourth-order valence-corrected chi connectivity index (χ4v) is 3.53. The molecule has 92 valence electrons. The van der Waals surface area contributed by atoms with Gasteiger partial charge in [0.25, 0.3) is 0 Å². The van der Waals surface area contributed by atoms with Crippen LogP contribution in [-0.4, -0.2) is 48.8 Å². The number of nitrogens with zero attached hydrogens (tertiary/aromatic N) is 1. The highest BCUT2D eigenvalue weighted by atomic mass is 16.5. The first-order chi connectivity index (χ1) is 7.83. The van der Waals surface area contributed by atoms with Gasteiger partial charge < -0.3 is 10.1 Å². The topological polar surface area (TPSA) is 24.5 Å². The predicted molar refractivity (Wildman–Crippen MR) is 64.6 cm³/mol. The Morgan fingerprint density at radius 1 is 1.31 bits per heavy atom. The molecule has 3 aliphatic rings. The van der Waals surface area contributed by atoms with Crippen molar-refractivity contribution in [2.45, 2.75) is 56.7 Å². The number of likely N-dealkylation sites (N-methyl/N-ethyl adjacent to an activating group) is 1. The molecule has 1 spiro atoms. The fourth-order valence-electron chi connectivity index (χ4n) is 3.53. The number of hydrogen-bond donors (Lipinski definition) is 1. The molecule has 3 fully saturated rings. The highest BCUT2D eigenvalue weighted by Gasteiger charge is 2.44. The molecule has 0 aromatic rings. The first-order valence-electron chi connectivity index (χ1n) is 6.93. The quantitative estimate of drug-likeness (QED) is 0.784. The number of hydrogen-bond acceptors (Lipinski definition) is 3. The van der Waals surface area contributed by atoms with E-state index >= 15 is 0 Å². The second-order valence-corrected chi connectivity index (χ2v) is 5.67. The highest BCUT2D eigenvalue weighted by Crippen LogP contribution is 2.43. The van der Waals surface area contributed by atoms with Gasteiger partial charge in [0.2, 0.25) is 0 Å². The monoisotopic (exact) mass is 224 g/mol. The van der Waals surface area contributed by atoms with E-state index in [0.717, 1.165) is 18.7 Å². The van der Waals surface area contributed by atoms with Crippen LogP contribution in [0.3, 0.4) is 0 Å². The molecule has 16 heavy (non-hydrogen) atoms. The van der Waals surface area contributed by atoms with Crippen LogP contribution in [-0.2, 0) is 4.74 Å². The third kappa shape index (κ3) is 1.79. The Hall–Kier alpha value is -0.120. The molecule has 2 aliphatic heterocycles. The van der Waals surface area contributed by atoms with Crippen molar-refractivity contribution < 1.29 is 4.74 Å². The molecule has 1 aliphatic carbocycles. The van der Waals surface area contributed by atoms with Crippen LogP contribution in [0.5, 0.6) is 0 Å². The summed E-state index contributed by atoms with van der Waals surface area (Å²) in [6, 6.07) is 1.58. The molecule has 3 rings (SSSR count). The summed E-state index contributed by atoms with van der Waals surface area (Å²) in [4.78, 5) is 2.72. The molecule has 0 radical (unpaired) electrons. The van der Waals surface area contributed by atoms with Gasteiger partial charge in [0.15, 0.2) is 0 Å². The maximum Gasteiger partial charge on any atom is 0.0697 e. The maximum atomic E-state index is 6.02. The van der Waals surface area contributed by atoms with Crippen LogP contribution in [0.25, 0.3) is 0 Å². The summed E-state index contributed by atoms with van der Waals surface area (Å²) in [5.41, 5.74) is 0.299. The summed E-state index contributed by atoms with van der Waals surface area (Å²) < 4.78 is 6.02. The maximum absolute atomic E-state index is 6.02. The minimum absolute atomic E-state index is 0.299. The van der Waals surface area contributed by atoms with Crippen molar-refractivity contribution in [2.75, 3.05) is 26.2 Å². The standard InChI is InChI=1S/C13H24N2O/c1-2-15(12-9-14-10-12)11-4-7-16-13(8-11)5-3-6-13/h11-12,14H,2-10H2,1H3. The van der Waals surface area contributed by atoms with E-state index in [1.54, 1.807) is 0 Å². The van der Waals surface area contributed by atoms with Gasteiger partial charge in [-0.05, 0) is 38.6 Å². The molecule has 3 nitrogen and oxygen atoms in total. The lowest BCUT2D eigenvalue weighted by molar-refractivity contribution is -0.152. The van der Waals surface area contributed by atoms with Crippen molar-refractivity contribution in [1.29, 1.82) is 0 Å². The zero-order chi connectivity index (χ0) is 11.0. The van der Waals surface area contributed by atoms with E-state index in [9.17, 15) is 0 Å². The lowest BCUT2D eigenvalue weighted by Gasteiger charge is -2.52. The van der Waals surface area contributed by atoms with Crippen LogP contribution in [0.4, 0.5) is 0 Å². The number of nitrogens with one attached hydrogen (secondary N) is 1. The molecule has 1 saturated carbocycles. The van der Waals surface area contributed by atoms with Crippen LogP contribution in [0, 0.1) is 0 Å². The molecule has 2 heterocycles. The van der Waals surface area contributed by atoms with E-state index in [2.05, 4.69) is 17.1 Å². The van der Waals surface area contributed by atoms with Crippen LogP contribution in [0.2, 0.25) is 0 Å². The SMILES string of the molecule is CCN(C1CNC1)C1CCOC2(CCC2)C1. The van der Waals surface area contributed by atoms with E-state index in [1.165, 1.54) is 51.7 Å². The minimum atomic E-state index is 0.299. The number of ether oxygens (including phenoxy) is 1. The van der Waals surface area contributed by atoms with Gasteiger partial charge in [0.1, 0.15) is 0 Å². The van der Waals surface area contributed by atoms with E-state index in [4.69, 9.17) is 4.74 Å². The molecule has 1 unspecified atom stereocenters. The molecular weight excluding hydrogens is 200 g/mol. The van der Waals surface area contributed by atoms with Crippen molar-refractivity contribution in [3.8, 4) is 0 Å². The molecule has 3 heteroatoms. The van der Waals surface area contributed by atoms with Gasteiger partial charge in [-0.3, -0.25) is 4.90 Å². The first kappa shape index (κ1) is 11.0. The lowest BCUT2D eigenvalue weighted by atomic mass is 9.73. The van der Waals surface area contributed by atoms with E-state index in [0.29, 0.717) is 5.60 Å². The highest BCUT2D eigenvalue weighted by molar-refractivity contribution is 4.98. The van der Waals surface area contributed by atoms with Crippen molar-refractivity contribution in [3.05, 3.63) is 0 Å². The average molecular weight is 224 g/mol. The molecule has 0 bridgehead atoms. The molecule has 2 saturated heterocycles. The van der Waals surface area contributed by atoms with Crippen molar-refractivity contribution >= 4 is 0 Å². The average Bonchev–Trinajstić information content (AvgIpc) is 2.21. The summed E-state index contributed by atoms with van der Waals surface area (Å²) in [6.45, 7) is 6.88. The van der Waals surface area contributed by atoms with Crippen LogP contribution in [0.1, 0.15) is 39.0 Å². The first-order valence-corrected chi connectivity index (χ1v) is 6.93. The summed E-state index contributed by atoms with van der Waals surface area (Å²) in [6.07, 6.45) is 6.53. The smallest absolute Gasteiger partial charge is 0.0697 e. The minimum Gasteiger partial charge on any atom is -0.375 e.